The lowest BCUT2D eigenvalue weighted by Crippen LogP contribution is -2.59. The largest absolute Gasteiger partial charge is 0.394 e. The number of fused-ring (bicyclic) bond motifs is 2. The lowest BCUT2D eigenvalue weighted by Gasteiger charge is -2.41. The summed E-state index contributed by atoms with van der Waals surface area (Å²) in [5, 5.41) is 10.5. The highest BCUT2D eigenvalue weighted by Crippen LogP contribution is 2.59. The Morgan fingerprint density at radius 2 is 1.64 bits per heavy atom. The third kappa shape index (κ3) is 4.23. The van der Waals surface area contributed by atoms with Crippen LogP contribution in [-0.2, 0) is 25.7 Å². The number of ether oxygens (including phenoxy) is 1. The van der Waals surface area contributed by atoms with Crippen molar-refractivity contribution >= 4 is 17.7 Å². The van der Waals surface area contributed by atoms with E-state index in [-0.39, 0.29) is 30.2 Å². The molecule has 1 unspecified atom stereocenters. The summed E-state index contributed by atoms with van der Waals surface area (Å²) in [5.74, 6) is -2.32. The zero-order valence-electron chi connectivity index (χ0n) is 23.5. The average Bonchev–Trinajstić information content (AvgIpc) is 3.22. The Morgan fingerprint density at radius 3 is 2.28 bits per heavy atom. The Hall–Kier alpha value is -2.97. The maximum atomic E-state index is 14.5. The smallest absolute Gasteiger partial charge is 0.249 e. The SMILES string of the molecule is CCCN1CC=C[C@]2(CC)O[C@]34C=CCN(Cc5ccccc5)C(=O)C3N([C@@H](CO)C(C)C)C(=O)[C@@H]4[C@@H]2C1=O. The van der Waals surface area contributed by atoms with Crippen LogP contribution in [0.5, 0.6) is 0 Å². The van der Waals surface area contributed by atoms with E-state index in [1.54, 1.807) is 9.80 Å². The summed E-state index contributed by atoms with van der Waals surface area (Å²) in [6.45, 7) is 9.42. The van der Waals surface area contributed by atoms with Crippen LogP contribution >= 0.6 is 0 Å². The Kier molecular flexibility index (Phi) is 7.46. The Morgan fingerprint density at radius 1 is 0.949 bits per heavy atom. The van der Waals surface area contributed by atoms with Gasteiger partial charge in [0.25, 0.3) is 0 Å². The molecule has 6 atom stereocenters. The molecule has 0 aromatic heterocycles. The monoisotopic (exact) mass is 535 g/mol. The molecule has 2 saturated heterocycles. The van der Waals surface area contributed by atoms with Gasteiger partial charge in [0.1, 0.15) is 11.6 Å². The molecule has 1 N–H and O–H groups in total. The van der Waals surface area contributed by atoms with Gasteiger partial charge >= 0.3 is 0 Å². The zero-order valence-corrected chi connectivity index (χ0v) is 23.5. The first-order valence-corrected chi connectivity index (χ1v) is 14.3. The summed E-state index contributed by atoms with van der Waals surface area (Å²) < 4.78 is 7.01. The van der Waals surface area contributed by atoms with Gasteiger partial charge < -0.3 is 24.5 Å². The van der Waals surface area contributed by atoms with Crippen molar-refractivity contribution in [2.75, 3.05) is 26.2 Å². The number of hydrogen-bond acceptors (Lipinski definition) is 5. The average molecular weight is 536 g/mol. The quantitative estimate of drug-likeness (QED) is 0.517. The summed E-state index contributed by atoms with van der Waals surface area (Å²) in [7, 11) is 0. The van der Waals surface area contributed by atoms with Crippen molar-refractivity contribution in [3.05, 3.63) is 60.2 Å². The molecule has 4 aliphatic rings. The predicted molar refractivity (Wildman–Crippen MR) is 147 cm³/mol. The second-order valence-electron chi connectivity index (χ2n) is 11.7. The first-order chi connectivity index (χ1) is 18.7. The number of nitrogens with zero attached hydrogens (tertiary/aromatic N) is 3. The van der Waals surface area contributed by atoms with Crippen LogP contribution in [0.1, 0.15) is 46.1 Å². The van der Waals surface area contributed by atoms with E-state index in [4.69, 9.17) is 4.74 Å². The molecule has 39 heavy (non-hydrogen) atoms. The third-order valence-corrected chi connectivity index (χ3v) is 9.07. The molecule has 8 nitrogen and oxygen atoms in total. The maximum Gasteiger partial charge on any atom is 0.249 e. The van der Waals surface area contributed by atoms with Crippen LogP contribution in [-0.4, -0.2) is 87.1 Å². The van der Waals surface area contributed by atoms with Gasteiger partial charge in [-0.2, -0.15) is 0 Å². The van der Waals surface area contributed by atoms with E-state index in [1.165, 1.54) is 0 Å². The molecule has 0 saturated carbocycles. The van der Waals surface area contributed by atoms with Gasteiger partial charge in [-0.15, -0.1) is 0 Å². The summed E-state index contributed by atoms with van der Waals surface area (Å²) in [6, 6.07) is 8.21. The molecular weight excluding hydrogens is 494 g/mol. The van der Waals surface area contributed by atoms with Crippen molar-refractivity contribution in [2.24, 2.45) is 17.8 Å². The highest BCUT2D eigenvalue weighted by molar-refractivity contribution is 6.00. The van der Waals surface area contributed by atoms with Crippen LogP contribution in [0.2, 0.25) is 0 Å². The predicted octanol–water partition coefficient (Wildman–Crippen LogP) is 2.77. The third-order valence-electron chi connectivity index (χ3n) is 9.07. The van der Waals surface area contributed by atoms with Gasteiger partial charge in [0.15, 0.2) is 0 Å². The van der Waals surface area contributed by atoms with Crippen LogP contribution in [0.4, 0.5) is 0 Å². The highest BCUT2D eigenvalue weighted by Gasteiger charge is 2.76. The lowest BCUT2D eigenvalue weighted by molar-refractivity contribution is -0.158. The standard InChI is InChI=1S/C31H41N3O5/c1-5-16-32-17-10-14-30(6-2)24(27(32)36)25-28(37)34(23(20-35)21(3)4)26-29(38)33(18-11-15-31(25,26)39-30)19-22-12-8-7-9-13-22/h7-15,21,23-26,35H,5-6,16-20H2,1-4H3/t23-,24+,25-,26?,30-,31-/m0/s1. The molecule has 1 spiro atoms. The van der Waals surface area contributed by atoms with Crippen molar-refractivity contribution in [2.45, 2.75) is 70.4 Å². The van der Waals surface area contributed by atoms with Crippen LogP contribution in [0.15, 0.2) is 54.6 Å². The topological polar surface area (TPSA) is 90.4 Å². The van der Waals surface area contributed by atoms with Gasteiger partial charge in [0, 0.05) is 26.2 Å². The number of carbonyl (C=O) groups excluding carboxylic acids is 3. The van der Waals surface area contributed by atoms with Crippen molar-refractivity contribution in [3.63, 3.8) is 0 Å². The lowest BCUT2D eigenvalue weighted by atomic mass is 9.73. The van der Waals surface area contributed by atoms with E-state index in [2.05, 4.69) is 0 Å². The molecule has 1 aromatic carbocycles. The number of hydrogen-bond donors (Lipinski definition) is 1. The number of rotatable bonds is 8. The van der Waals surface area contributed by atoms with E-state index in [1.807, 2.05) is 87.2 Å². The zero-order chi connectivity index (χ0) is 27.9. The molecule has 0 aliphatic carbocycles. The van der Waals surface area contributed by atoms with Crippen LogP contribution in [0, 0.1) is 17.8 Å². The second-order valence-corrected chi connectivity index (χ2v) is 11.7. The van der Waals surface area contributed by atoms with Crippen molar-refractivity contribution in [1.82, 2.24) is 14.7 Å². The number of benzene rings is 1. The summed E-state index contributed by atoms with van der Waals surface area (Å²) in [6.07, 6.45) is 9.04. The first kappa shape index (κ1) is 27.6. The van der Waals surface area contributed by atoms with E-state index >= 15 is 0 Å². The van der Waals surface area contributed by atoms with Gasteiger partial charge in [-0.25, -0.2) is 0 Å². The van der Waals surface area contributed by atoms with Crippen LogP contribution in [0.3, 0.4) is 0 Å². The van der Waals surface area contributed by atoms with Crippen molar-refractivity contribution in [1.29, 1.82) is 0 Å². The second kappa shape index (κ2) is 10.5. The first-order valence-electron chi connectivity index (χ1n) is 14.3. The van der Waals surface area contributed by atoms with Gasteiger partial charge in [-0.1, -0.05) is 82.3 Å². The van der Waals surface area contributed by atoms with Gasteiger partial charge in [0.2, 0.25) is 17.7 Å². The Labute approximate surface area is 231 Å². The minimum Gasteiger partial charge on any atom is -0.394 e. The minimum atomic E-state index is -1.31. The fourth-order valence-electron chi connectivity index (χ4n) is 7.19. The molecule has 0 radical (unpaired) electrons. The van der Waals surface area contributed by atoms with E-state index in [9.17, 15) is 19.5 Å². The molecule has 210 valence electrons. The maximum absolute atomic E-state index is 14.5. The highest BCUT2D eigenvalue weighted by atomic mass is 16.5. The normalized spacial score (nSPS) is 32.8. The van der Waals surface area contributed by atoms with E-state index in [0.29, 0.717) is 32.6 Å². The molecule has 4 aliphatic heterocycles. The molecule has 4 heterocycles. The van der Waals surface area contributed by atoms with Crippen molar-refractivity contribution < 1.29 is 24.2 Å². The Bertz CT molecular complexity index is 1170. The molecule has 5 rings (SSSR count). The molecule has 2 fully saturated rings. The summed E-state index contributed by atoms with van der Waals surface area (Å²) >= 11 is 0. The number of amides is 3. The summed E-state index contributed by atoms with van der Waals surface area (Å²) in [5.41, 5.74) is -1.31. The van der Waals surface area contributed by atoms with Gasteiger partial charge in [-0.3, -0.25) is 14.4 Å². The molecule has 1 aromatic rings. The molecule has 3 amide bonds. The molecule has 0 bridgehead atoms. The fraction of sp³-hybridized carbons (Fsp3) is 0.581. The number of likely N-dealkylation sites (tertiary alicyclic amines) is 1. The number of aliphatic hydroxyl groups is 1. The van der Waals surface area contributed by atoms with E-state index in [0.717, 1.165) is 12.0 Å². The van der Waals surface area contributed by atoms with Gasteiger partial charge in [-0.05, 0) is 24.3 Å². The minimum absolute atomic E-state index is 0.101. The van der Waals surface area contributed by atoms with Crippen LogP contribution in [0.25, 0.3) is 0 Å². The fourth-order valence-corrected chi connectivity index (χ4v) is 7.19. The number of aliphatic hydroxyl groups excluding tert-OH is 1. The van der Waals surface area contributed by atoms with Crippen molar-refractivity contribution in [3.8, 4) is 0 Å². The van der Waals surface area contributed by atoms with Gasteiger partial charge in [0.05, 0.1) is 30.1 Å². The Balaban J connectivity index is 1.65. The number of carbonyl (C=O) groups is 3. The van der Waals surface area contributed by atoms with E-state index < -0.39 is 35.1 Å². The molecular formula is C31H41N3O5. The van der Waals surface area contributed by atoms with Crippen LogP contribution < -0.4 is 0 Å². The summed E-state index contributed by atoms with van der Waals surface area (Å²) in [4.78, 5) is 48.3. The molecule has 8 heteroatoms.